The van der Waals surface area contributed by atoms with E-state index in [-0.39, 0.29) is 5.91 Å². The SMILES string of the molecule is CC(C)Cn1nc(C(=O)N2CCCC2)c2c1CC[C@H](N1CCC(C)CC1)C2. The lowest BCUT2D eigenvalue weighted by atomic mass is 9.88. The minimum atomic E-state index is 0.180. The maximum Gasteiger partial charge on any atom is 0.274 e. The van der Waals surface area contributed by atoms with Crippen LogP contribution in [0.3, 0.4) is 0 Å². The fourth-order valence-corrected chi connectivity index (χ4v) is 5.11. The summed E-state index contributed by atoms with van der Waals surface area (Å²) in [5, 5.41) is 4.88. The van der Waals surface area contributed by atoms with E-state index in [2.05, 4.69) is 30.4 Å². The molecule has 1 aromatic heterocycles. The number of carbonyl (C=O) groups excluding carboxylic acids is 1. The maximum absolute atomic E-state index is 13.2. The molecule has 5 nitrogen and oxygen atoms in total. The fourth-order valence-electron chi connectivity index (χ4n) is 5.11. The van der Waals surface area contributed by atoms with Crippen molar-refractivity contribution in [1.82, 2.24) is 19.6 Å². The van der Waals surface area contributed by atoms with Crippen molar-refractivity contribution in [2.24, 2.45) is 11.8 Å². The van der Waals surface area contributed by atoms with E-state index in [4.69, 9.17) is 5.10 Å². The number of piperidine rings is 1. The lowest BCUT2D eigenvalue weighted by Gasteiger charge is -2.38. The Morgan fingerprint density at radius 2 is 1.81 bits per heavy atom. The highest BCUT2D eigenvalue weighted by Gasteiger charge is 2.34. The molecule has 5 heteroatoms. The van der Waals surface area contributed by atoms with Gasteiger partial charge in [-0.25, -0.2) is 0 Å². The minimum absolute atomic E-state index is 0.180. The Hall–Kier alpha value is -1.36. The molecule has 0 spiro atoms. The summed E-state index contributed by atoms with van der Waals surface area (Å²) in [6.07, 6.45) is 8.19. The van der Waals surface area contributed by atoms with E-state index in [0.29, 0.717) is 12.0 Å². The van der Waals surface area contributed by atoms with Crippen molar-refractivity contribution in [1.29, 1.82) is 0 Å². The van der Waals surface area contributed by atoms with Crippen LogP contribution in [0.1, 0.15) is 74.6 Å². The van der Waals surface area contributed by atoms with Gasteiger partial charge in [-0.2, -0.15) is 5.10 Å². The van der Waals surface area contributed by atoms with Gasteiger partial charge in [0.2, 0.25) is 0 Å². The third kappa shape index (κ3) is 3.94. The second-order valence-corrected chi connectivity index (χ2v) is 9.46. The van der Waals surface area contributed by atoms with Gasteiger partial charge >= 0.3 is 0 Å². The molecule has 0 saturated carbocycles. The summed E-state index contributed by atoms with van der Waals surface area (Å²) in [7, 11) is 0. The largest absolute Gasteiger partial charge is 0.337 e. The van der Waals surface area contributed by atoms with Crippen LogP contribution >= 0.6 is 0 Å². The number of nitrogens with zero attached hydrogens (tertiary/aromatic N) is 4. The second kappa shape index (κ2) is 7.94. The minimum Gasteiger partial charge on any atom is -0.337 e. The van der Waals surface area contributed by atoms with Gasteiger partial charge in [0.1, 0.15) is 0 Å². The van der Waals surface area contributed by atoms with Crippen molar-refractivity contribution in [3.8, 4) is 0 Å². The molecule has 0 bridgehead atoms. The molecule has 2 aliphatic heterocycles. The molecule has 1 amide bonds. The Balaban J connectivity index is 1.59. The molecular formula is C22H36N4O. The molecule has 0 aromatic carbocycles. The molecule has 27 heavy (non-hydrogen) atoms. The molecule has 1 aliphatic carbocycles. The zero-order valence-corrected chi connectivity index (χ0v) is 17.4. The molecule has 4 rings (SSSR count). The van der Waals surface area contributed by atoms with Crippen molar-refractivity contribution in [2.45, 2.75) is 78.3 Å². The zero-order valence-electron chi connectivity index (χ0n) is 17.4. The molecule has 0 unspecified atom stereocenters. The first kappa shape index (κ1) is 19.0. The summed E-state index contributed by atoms with van der Waals surface area (Å²) < 4.78 is 2.16. The van der Waals surface area contributed by atoms with Gasteiger partial charge in [0.15, 0.2) is 5.69 Å². The van der Waals surface area contributed by atoms with Crippen LogP contribution in [0.25, 0.3) is 0 Å². The highest BCUT2D eigenvalue weighted by Crippen LogP contribution is 2.31. The van der Waals surface area contributed by atoms with Gasteiger partial charge in [-0.1, -0.05) is 20.8 Å². The first-order valence-corrected chi connectivity index (χ1v) is 11.1. The first-order chi connectivity index (χ1) is 13.0. The van der Waals surface area contributed by atoms with Gasteiger partial charge in [-0.3, -0.25) is 9.48 Å². The first-order valence-electron chi connectivity index (χ1n) is 11.1. The Labute approximate surface area is 164 Å². The predicted molar refractivity (Wildman–Crippen MR) is 108 cm³/mol. The summed E-state index contributed by atoms with van der Waals surface area (Å²) in [5.41, 5.74) is 3.37. The monoisotopic (exact) mass is 372 g/mol. The van der Waals surface area contributed by atoms with Gasteiger partial charge in [0, 0.05) is 36.9 Å². The fraction of sp³-hybridized carbons (Fsp3) is 0.818. The van der Waals surface area contributed by atoms with Crippen LogP contribution in [0.4, 0.5) is 0 Å². The lowest BCUT2D eigenvalue weighted by molar-refractivity contribution is 0.0783. The van der Waals surface area contributed by atoms with Crippen molar-refractivity contribution in [3.05, 3.63) is 17.0 Å². The number of carbonyl (C=O) groups is 1. The van der Waals surface area contributed by atoms with Gasteiger partial charge in [-0.15, -0.1) is 0 Å². The van der Waals surface area contributed by atoms with Crippen molar-refractivity contribution in [3.63, 3.8) is 0 Å². The number of rotatable bonds is 4. The molecule has 150 valence electrons. The quantitative estimate of drug-likeness (QED) is 0.814. The van der Waals surface area contributed by atoms with Gasteiger partial charge in [-0.05, 0) is 69.9 Å². The smallest absolute Gasteiger partial charge is 0.274 e. The summed E-state index contributed by atoms with van der Waals surface area (Å²) >= 11 is 0. The molecule has 2 saturated heterocycles. The van der Waals surface area contributed by atoms with Gasteiger partial charge < -0.3 is 9.80 Å². The third-order valence-electron chi connectivity index (χ3n) is 6.79. The average molecular weight is 373 g/mol. The predicted octanol–water partition coefficient (Wildman–Crippen LogP) is 3.36. The van der Waals surface area contributed by atoms with Crippen LogP contribution in [0.2, 0.25) is 0 Å². The number of likely N-dealkylation sites (tertiary alicyclic amines) is 2. The Kier molecular flexibility index (Phi) is 5.58. The summed E-state index contributed by atoms with van der Waals surface area (Å²) in [6.45, 7) is 12.0. The topological polar surface area (TPSA) is 41.4 Å². The zero-order chi connectivity index (χ0) is 19.0. The van der Waals surface area contributed by atoms with Crippen molar-refractivity contribution < 1.29 is 4.79 Å². The van der Waals surface area contributed by atoms with Crippen molar-refractivity contribution >= 4 is 5.91 Å². The summed E-state index contributed by atoms with van der Waals surface area (Å²) in [4.78, 5) is 17.9. The molecule has 0 N–H and O–H groups in total. The van der Waals surface area contributed by atoms with Crippen LogP contribution in [-0.2, 0) is 19.4 Å². The molecule has 3 aliphatic rings. The molecule has 1 atom stereocenters. The van der Waals surface area contributed by atoms with Crippen LogP contribution in [0.15, 0.2) is 0 Å². The van der Waals surface area contributed by atoms with Crippen LogP contribution in [0, 0.1) is 11.8 Å². The van der Waals surface area contributed by atoms with E-state index in [1.165, 1.54) is 43.6 Å². The number of amides is 1. The van der Waals surface area contributed by atoms with E-state index in [9.17, 15) is 4.79 Å². The average Bonchev–Trinajstić information content (AvgIpc) is 3.30. The molecule has 3 heterocycles. The molecule has 0 radical (unpaired) electrons. The third-order valence-corrected chi connectivity index (χ3v) is 6.79. The molecule has 1 aromatic rings. The van der Waals surface area contributed by atoms with Crippen LogP contribution in [0.5, 0.6) is 0 Å². The molecular weight excluding hydrogens is 336 g/mol. The number of aromatic nitrogens is 2. The van der Waals surface area contributed by atoms with Gasteiger partial charge in [0.05, 0.1) is 0 Å². The number of hydrogen-bond donors (Lipinski definition) is 0. The highest BCUT2D eigenvalue weighted by molar-refractivity contribution is 5.94. The lowest BCUT2D eigenvalue weighted by Crippen LogP contribution is -2.44. The van der Waals surface area contributed by atoms with E-state index < -0.39 is 0 Å². The highest BCUT2D eigenvalue weighted by atomic mass is 16.2. The van der Waals surface area contributed by atoms with Gasteiger partial charge in [0.25, 0.3) is 5.91 Å². The molecule has 2 fully saturated rings. The number of fused-ring (bicyclic) bond motifs is 1. The van der Waals surface area contributed by atoms with E-state index in [1.54, 1.807) is 0 Å². The van der Waals surface area contributed by atoms with E-state index >= 15 is 0 Å². The maximum atomic E-state index is 13.2. The van der Waals surface area contributed by atoms with E-state index in [0.717, 1.165) is 56.9 Å². The Morgan fingerprint density at radius 1 is 1.11 bits per heavy atom. The Morgan fingerprint density at radius 3 is 2.48 bits per heavy atom. The van der Waals surface area contributed by atoms with E-state index in [1.807, 2.05) is 4.90 Å². The standard InChI is InChI=1S/C22H36N4O/c1-16(2)15-26-20-7-6-18(24-12-8-17(3)9-13-24)14-19(20)21(23-26)22(27)25-10-4-5-11-25/h16-18H,4-15H2,1-3H3/t18-/m0/s1. The van der Waals surface area contributed by atoms with Crippen LogP contribution in [-0.4, -0.2) is 57.7 Å². The van der Waals surface area contributed by atoms with Crippen LogP contribution < -0.4 is 0 Å². The Bertz CT molecular complexity index is 666. The van der Waals surface area contributed by atoms with Crippen molar-refractivity contribution in [2.75, 3.05) is 26.2 Å². The summed E-state index contributed by atoms with van der Waals surface area (Å²) in [6, 6.07) is 0.590. The number of hydrogen-bond acceptors (Lipinski definition) is 3. The normalized spacial score (nSPS) is 24.6. The summed E-state index contributed by atoms with van der Waals surface area (Å²) in [5.74, 6) is 1.59. The second-order valence-electron chi connectivity index (χ2n) is 9.46.